The molecule has 1 aromatic rings. The van der Waals surface area contributed by atoms with Gasteiger partial charge in [-0.15, -0.1) is 0 Å². The molecule has 0 aliphatic heterocycles. The van der Waals surface area contributed by atoms with Gasteiger partial charge in [-0.2, -0.15) is 0 Å². The van der Waals surface area contributed by atoms with Crippen LogP contribution in [0.25, 0.3) is 0 Å². The molecule has 0 aliphatic rings. The third-order valence-electron chi connectivity index (χ3n) is 2.84. The normalized spacial score (nSPS) is 12.6. The van der Waals surface area contributed by atoms with Crippen molar-refractivity contribution in [1.82, 2.24) is 0 Å². The predicted molar refractivity (Wildman–Crippen MR) is 66.3 cm³/mol. The summed E-state index contributed by atoms with van der Waals surface area (Å²) in [4.78, 5) is 0. The lowest BCUT2D eigenvalue weighted by atomic mass is 9.79. The van der Waals surface area contributed by atoms with E-state index in [0.29, 0.717) is 12.5 Å². The van der Waals surface area contributed by atoms with Gasteiger partial charge in [0, 0.05) is 13.5 Å². The first-order valence-electron chi connectivity index (χ1n) is 5.83. The van der Waals surface area contributed by atoms with Crippen molar-refractivity contribution < 1.29 is 26.8 Å². The Morgan fingerprint density at radius 2 is 1.84 bits per heavy atom. The molecule has 108 valence electrons. The first kappa shape index (κ1) is 15.8. The maximum absolute atomic E-state index is 12.9. The Hall–Kier alpha value is -1.24. The van der Waals surface area contributed by atoms with Crippen LogP contribution in [0.2, 0.25) is 0 Å². The van der Waals surface area contributed by atoms with E-state index in [4.69, 9.17) is 9.47 Å². The zero-order chi connectivity index (χ0) is 14.7. The first-order chi connectivity index (χ1) is 8.65. The van der Waals surface area contributed by atoms with Crippen LogP contribution >= 0.6 is 0 Å². The van der Waals surface area contributed by atoms with Crippen molar-refractivity contribution >= 4 is 12.4 Å². The molecule has 0 N–H and O–H groups in total. The highest BCUT2D eigenvalue weighted by Crippen LogP contribution is 2.20. The van der Waals surface area contributed by atoms with E-state index in [1.54, 1.807) is 13.8 Å². The fourth-order valence-corrected chi connectivity index (χ4v) is 1.42. The maximum atomic E-state index is 12.9. The molecule has 0 aliphatic carbocycles. The minimum Gasteiger partial charge on any atom is -0.496 e. The molecule has 0 bridgehead atoms. The zero-order valence-corrected chi connectivity index (χ0v) is 11.1. The van der Waals surface area contributed by atoms with Gasteiger partial charge in [0.1, 0.15) is 5.82 Å². The SMILES string of the molecule is COC(C)(C)CCOc1ccc(F)cc1[B-](F)(F)F. The van der Waals surface area contributed by atoms with E-state index in [0.717, 1.165) is 12.1 Å². The average molecular weight is 279 g/mol. The van der Waals surface area contributed by atoms with E-state index < -0.39 is 23.9 Å². The Labute approximate surface area is 109 Å². The van der Waals surface area contributed by atoms with E-state index >= 15 is 0 Å². The van der Waals surface area contributed by atoms with Gasteiger partial charge in [-0.1, -0.05) is 5.46 Å². The lowest BCUT2D eigenvalue weighted by Gasteiger charge is -2.24. The van der Waals surface area contributed by atoms with Crippen molar-refractivity contribution in [3.8, 4) is 5.75 Å². The van der Waals surface area contributed by atoms with Crippen molar-refractivity contribution in [3.05, 3.63) is 24.0 Å². The summed E-state index contributed by atoms with van der Waals surface area (Å²) in [5, 5.41) is 0. The van der Waals surface area contributed by atoms with Crippen LogP contribution in [0.15, 0.2) is 18.2 Å². The molecule has 0 saturated heterocycles. The molecule has 0 unspecified atom stereocenters. The summed E-state index contributed by atoms with van der Waals surface area (Å²) >= 11 is 0. The van der Waals surface area contributed by atoms with Crippen molar-refractivity contribution in [3.63, 3.8) is 0 Å². The van der Waals surface area contributed by atoms with Gasteiger partial charge in [-0.05, 0) is 32.0 Å². The summed E-state index contributed by atoms with van der Waals surface area (Å²) < 4.78 is 61.4. The summed E-state index contributed by atoms with van der Waals surface area (Å²) in [6, 6.07) is 2.40. The van der Waals surface area contributed by atoms with Crippen molar-refractivity contribution in [2.45, 2.75) is 25.9 Å². The maximum Gasteiger partial charge on any atom is 0.513 e. The van der Waals surface area contributed by atoms with Crippen molar-refractivity contribution in [1.29, 1.82) is 0 Å². The number of methoxy groups -OCH3 is 1. The van der Waals surface area contributed by atoms with E-state index in [9.17, 15) is 17.3 Å². The van der Waals surface area contributed by atoms with Crippen LogP contribution in [-0.2, 0) is 4.74 Å². The first-order valence-corrected chi connectivity index (χ1v) is 5.83. The van der Waals surface area contributed by atoms with E-state index in [-0.39, 0.29) is 12.4 Å². The molecule has 0 radical (unpaired) electrons. The molecular formula is C12H16BF4O2-. The topological polar surface area (TPSA) is 18.5 Å². The molecule has 0 spiro atoms. The third-order valence-corrected chi connectivity index (χ3v) is 2.84. The van der Waals surface area contributed by atoms with Gasteiger partial charge in [0.25, 0.3) is 0 Å². The number of benzene rings is 1. The Morgan fingerprint density at radius 1 is 1.21 bits per heavy atom. The second kappa shape index (κ2) is 5.82. The van der Waals surface area contributed by atoms with E-state index in [1.807, 2.05) is 0 Å². The molecule has 0 saturated carbocycles. The smallest absolute Gasteiger partial charge is 0.496 e. The van der Waals surface area contributed by atoms with Gasteiger partial charge in [-0.3, -0.25) is 0 Å². The van der Waals surface area contributed by atoms with Crippen LogP contribution in [0, 0.1) is 5.82 Å². The standard InChI is InChI=1S/C12H16BF4O2/c1-12(2,18-3)6-7-19-11-5-4-9(14)8-10(11)13(15,16)17/h4-5,8H,6-7H2,1-3H3/q-1. The lowest BCUT2D eigenvalue weighted by Crippen LogP contribution is -2.36. The van der Waals surface area contributed by atoms with Gasteiger partial charge in [0.15, 0.2) is 0 Å². The summed E-state index contributed by atoms with van der Waals surface area (Å²) in [5.74, 6) is -1.28. The zero-order valence-electron chi connectivity index (χ0n) is 11.1. The average Bonchev–Trinajstić information content (AvgIpc) is 2.29. The summed E-state index contributed by atoms with van der Waals surface area (Å²) in [6.45, 7) is -1.64. The Balaban J connectivity index is 2.79. The summed E-state index contributed by atoms with van der Waals surface area (Å²) in [6.07, 6.45) is 0.422. The molecule has 0 amide bonds. The van der Waals surface area contributed by atoms with E-state index in [2.05, 4.69) is 0 Å². The number of hydrogen-bond acceptors (Lipinski definition) is 2. The van der Waals surface area contributed by atoms with Gasteiger partial charge in [-0.25, -0.2) is 4.39 Å². The van der Waals surface area contributed by atoms with Crippen LogP contribution in [0.5, 0.6) is 5.75 Å². The molecule has 7 heteroatoms. The molecule has 1 rings (SSSR count). The van der Waals surface area contributed by atoms with Gasteiger partial charge >= 0.3 is 6.98 Å². The molecule has 1 aromatic carbocycles. The minimum atomic E-state index is -5.30. The number of hydrogen-bond donors (Lipinski definition) is 0. The number of rotatable bonds is 6. The fraction of sp³-hybridized carbons (Fsp3) is 0.500. The van der Waals surface area contributed by atoms with Crippen molar-refractivity contribution in [2.75, 3.05) is 13.7 Å². The van der Waals surface area contributed by atoms with Gasteiger partial charge in [0.2, 0.25) is 0 Å². The largest absolute Gasteiger partial charge is 0.513 e. The van der Waals surface area contributed by atoms with Crippen LogP contribution in [-0.4, -0.2) is 26.3 Å². The van der Waals surface area contributed by atoms with E-state index in [1.165, 1.54) is 7.11 Å². The highest BCUT2D eigenvalue weighted by Gasteiger charge is 2.30. The Kier molecular flexibility index (Phi) is 4.84. The highest BCUT2D eigenvalue weighted by molar-refractivity contribution is 6.74. The van der Waals surface area contributed by atoms with Gasteiger partial charge < -0.3 is 22.4 Å². The predicted octanol–water partition coefficient (Wildman–Crippen LogP) is 3.07. The molecule has 19 heavy (non-hydrogen) atoms. The summed E-state index contributed by atoms with van der Waals surface area (Å²) in [7, 11) is 1.52. The molecule has 0 atom stereocenters. The second-order valence-electron chi connectivity index (χ2n) is 4.82. The molecule has 0 aromatic heterocycles. The quantitative estimate of drug-likeness (QED) is 0.588. The second-order valence-corrected chi connectivity index (χ2v) is 4.82. The number of ether oxygens (including phenoxy) is 2. The minimum absolute atomic E-state index is 0.0611. The van der Waals surface area contributed by atoms with Crippen LogP contribution in [0.1, 0.15) is 20.3 Å². The summed E-state index contributed by atoms with van der Waals surface area (Å²) in [5.41, 5.74) is -1.53. The lowest BCUT2D eigenvalue weighted by molar-refractivity contribution is 0.00552. The Morgan fingerprint density at radius 3 is 2.37 bits per heavy atom. The van der Waals surface area contributed by atoms with Crippen LogP contribution in [0.4, 0.5) is 17.3 Å². The number of halogens is 4. The van der Waals surface area contributed by atoms with Crippen molar-refractivity contribution in [2.24, 2.45) is 0 Å². The third kappa shape index (κ3) is 4.74. The van der Waals surface area contributed by atoms with Crippen LogP contribution < -0.4 is 10.2 Å². The van der Waals surface area contributed by atoms with Crippen LogP contribution in [0.3, 0.4) is 0 Å². The molecule has 2 nitrogen and oxygen atoms in total. The molecule has 0 heterocycles. The Bertz CT molecular complexity index is 432. The molecule has 0 fully saturated rings. The fourth-order valence-electron chi connectivity index (χ4n) is 1.42. The monoisotopic (exact) mass is 279 g/mol. The highest BCUT2D eigenvalue weighted by atomic mass is 19.4. The molecular weight excluding hydrogens is 263 g/mol. The van der Waals surface area contributed by atoms with Gasteiger partial charge in [0.05, 0.1) is 18.0 Å².